The largest absolute Gasteiger partial charge is 0.462 e. The van der Waals surface area contributed by atoms with E-state index in [1.54, 1.807) is 0 Å². The summed E-state index contributed by atoms with van der Waals surface area (Å²) in [7, 11) is 0. The Balaban J connectivity index is 4.09. The molecular formula is C74H130O6. The molecular weight excluding hydrogens is 985 g/mol. The summed E-state index contributed by atoms with van der Waals surface area (Å²) >= 11 is 0. The van der Waals surface area contributed by atoms with E-state index in [4.69, 9.17) is 14.2 Å². The van der Waals surface area contributed by atoms with E-state index in [1.807, 2.05) is 0 Å². The summed E-state index contributed by atoms with van der Waals surface area (Å²) < 4.78 is 16.9. The Morgan fingerprint density at radius 3 is 0.812 bits per heavy atom. The smallest absolute Gasteiger partial charge is 0.306 e. The zero-order valence-electron chi connectivity index (χ0n) is 53.1. The van der Waals surface area contributed by atoms with Crippen LogP contribution in [0, 0.1) is 0 Å². The number of hydrogen-bond donors (Lipinski definition) is 0. The van der Waals surface area contributed by atoms with E-state index < -0.39 is 6.10 Å². The van der Waals surface area contributed by atoms with Crippen molar-refractivity contribution in [3.05, 3.63) is 85.1 Å². The second-order valence-corrected chi connectivity index (χ2v) is 23.1. The van der Waals surface area contributed by atoms with Gasteiger partial charge in [0.15, 0.2) is 6.10 Å². The number of rotatable bonds is 63. The van der Waals surface area contributed by atoms with Crippen LogP contribution in [0.3, 0.4) is 0 Å². The van der Waals surface area contributed by atoms with Crippen LogP contribution in [0.5, 0.6) is 0 Å². The van der Waals surface area contributed by atoms with Crippen LogP contribution >= 0.6 is 0 Å². The lowest BCUT2D eigenvalue weighted by atomic mass is 10.0. The van der Waals surface area contributed by atoms with Gasteiger partial charge in [-0.05, 0) is 89.9 Å². The van der Waals surface area contributed by atoms with Gasteiger partial charge >= 0.3 is 17.9 Å². The van der Waals surface area contributed by atoms with Crippen LogP contribution < -0.4 is 0 Å². The highest BCUT2D eigenvalue weighted by atomic mass is 16.6. The number of hydrogen-bond acceptors (Lipinski definition) is 6. The fraction of sp³-hybridized carbons (Fsp3) is 0.770. The molecule has 0 aromatic carbocycles. The van der Waals surface area contributed by atoms with E-state index in [2.05, 4.69) is 106 Å². The maximum absolute atomic E-state index is 12.9. The van der Waals surface area contributed by atoms with Crippen molar-refractivity contribution in [1.82, 2.24) is 0 Å². The van der Waals surface area contributed by atoms with E-state index in [0.717, 1.165) is 103 Å². The summed E-state index contributed by atoms with van der Waals surface area (Å²) in [6.45, 7) is 6.52. The van der Waals surface area contributed by atoms with E-state index in [0.29, 0.717) is 19.3 Å². The molecule has 0 aliphatic rings. The van der Waals surface area contributed by atoms with Crippen LogP contribution in [0.1, 0.15) is 348 Å². The molecule has 0 aromatic rings. The lowest BCUT2D eigenvalue weighted by Crippen LogP contribution is -2.30. The van der Waals surface area contributed by atoms with Gasteiger partial charge in [0.25, 0.3) is 0 Å². The molecule has 80 heavy (non-hydrogen) atoms. The van der Waals surface area contributed by atoms with Crippen LogP contribution in [0.2, 0.25) is 0 Å². The predicted molar refractivity (Wildman–Crippen MR) is 348 cm³/mol. The average molecular weight is 1120 g/mol. The van der Waals surface area contributed by atoms with Crippen molar-refractivity contribution in [2.24, 2.45) is 0 Å². The first-order valence-corrected chi connectivity index (χ1v) is 34.6. The summed E-state index contributed by atoms with van der Waals surface area (Å²) in [5.74, 6) is -0.865. The molecule has 0 spiro atoms. The molecule has 1 unspecified atom stereocenters. The standard InChI is InChI=1S/C74H130O6/c1-4-7-10-13-16-19-22-24-26-28-29-30-31-32-33-34-35-36-37-38-39-40-41-42-43-44-45-46-48-49-52-55-58-61-64-67-73(76)79-70-71(69-78-72(75)66-63-60-57-54-51-21-18-15-12-9-6-3)80-74(77)68-65-62-59-56-53-50-47-27-25-23-20-17-14-11-8-5-2/h7,10,15-16,18-19,24,26,29-30,32-33,35-36,71H,4-6,8-9,11-14,17,20-23,25,27-28,31,34,37-70H2,1-3H3/b10-7-,18-15-,19-16-,26-24-,30-29-,33-32-,36-35-. The van der Waals surface area contributed by atoms with E-state index in [-0.39, 0.29) is 31.1 Å². The molecule has 6 heteroatoms. The minimum absolute atomic E-state index is 0.0734. The van der Waals surface area contributed by atoms with Crippen molar-refractivity contribution in [2.45, 2.75) is 354 Å². The monoisotopic (exact) mass is 1110 g/mol. The molecule has 0 bridgehead atoms. The molecule has 0 saturated heterocycles. The molecule has 0 aliphatic carbocycles. The van der Waals surface area contributed by atoms with Gasteiger partial charge in [-0.25, -0.2) is 0 Å². The van der Waals surface area contributed by atoms with Gasteiger partial charge in [-0.1, -0.05) is 324 Å². The number of carbonyl (C=O) groups is 3. The zero-order valence-corrected chi connectivity index (χ0v) is 53.1. The lowest BCUT2D eigenvalue weighted by molar-refractivity contribution is -0.167. The summed E-state index contributed by atoms with van der Waals surface area (Å²) in [4.78, 5) is 38.3. The van der Waals surface area contributed by atoms with Gasteiger partial charge in [0.2, 0.25) is 0 Å². The third-order valence-electron chi connectivity index (χ3n) is 15.1. The molecule has 0 N–H and O–H groups in total. The van der Waals surface area contributed by atoms with Gasteiger partial charge in [0, 0.05) is 19.3 Å². The van der Waals surface area contributed by atoms with Crippen molar-refractivity contribution >= 4 is 17.9 Å². The van der Waals surface area contributed by atoms with Crippen LogP contribution in [0.15, 0.2) is 85.1 Å². The normalized spacial score (nSPS) is 12.6. The summed E-state index contributed by atoms with van der Waals surface area (Å²) in [6.07, 6.45) is 90.5. The average Bonchev–Trinajstić information content (AvgIpc) is 3.46. The molecule has 0 aliphatic heterocycles. The molecule has 0 rings (SSSR count). The third kappa shape index (κ3) is 65.4. The van der Waals surface area contributed by atoms with Crippen molar-refractivity contribution in [3.8, 4) is 0 Å². The number of unbranched alkanes of at least 4 members (excludes halogenated alkanes) is 38. The fourth-order valence-corrected chi connectivity index (χ4v) is 9.96. The van der Waals surface area contributed by atoms with Crippen LogP contribution in [-0.2, 0) is 28.6 Å². The number of esters is 3. The lowest BCUT2D eigenvalue weighted by Gasteiger charge is -2.18. The second-order valence-electron chi connectivity index (χ2n) is 23.1. The highest BCUT2D eigenvalue weighted by Gasteiger charge is 2.19. The first-order valence-electron chi connectivity index (χ1n) is 34.6. The van der Waals surface area contributed by atoms with Crippen molar-refractivity contribution in [3.63, 3.8) is 0 Å². The van der Waals surface area contributed by atoms with Gasteiger partial charge in [-0.2, -0.15) is 0 Å². The Morgan fingerprint density at radius 1 is 0.263 bits per heavy atom. The minimum atomic E-state index is -0.776. The van der Waals surface area contributed by atoms with Gasteiger partial charge < -0.3 is 14.2 Å². The van der Waals surface area contributed by atoms with Crippen LogP contribution in [0.25, 0.3) is 0 Å². The zero-order chi connectivity index (χ0) is 57.8. The predicted octanol–water partition coefficient (Wildman–Crippen LogP) is 23.8. The van der Waals surface area contributed by atoms with Crippen molar-refractivity contribution < 1.29 is 28.6 Å². The molecule has 462 valence electrons. The number of allylic oxidation sites excluding steroid dienone is 14. The molecule has 0 heterocycles. The molecule has 0 radical (unpaired) electrons. The molecule has 0 aromatic heterocycles. The van der Waals surface area contributed by atoms with Gasteiger partial charge in [-0.15, -0.1) is 0 Å². The highest BCUT2D eigenvalue weighted by Crippen LogP contribution is 2.18. The van der Waals surface area contributed by atoms with Crippen molar-refractivity contribution in [2.75, 3.05) is 13.2 Å². The maximum atomic E-state index is 12.9. The number of ether oxygens (including phenoxy) is 3. The molecule has 0 fully saturated rings. The minimum Gasteiger partial charge on any atom is -0.462 e. The SMILES string of the molecule is CC/C=C\C/C=C\C/C=C\C/C=C\C/C=C\C/C=C\CCCCCCCCCCCCCCCCCCC(=O)OCC(COC(=O)CCCCCCC/C=C\CCCC)OC(=O)CCCCCCCCCCCCCCCCCC. The Bertz CT molecular complexity index is 1520. The molecule has 0 saturated carbocycles. The van der Waals surface area contributed by atoms with E-state index >= 15 is 0 Å². The highest BCUT2D eigenvalue weighted by molar-refractivity contribution is 5.71. The van der Waals surface area contributed by atoms with Crippen molar-refractivity contribution in [1.29, 1.82) is 0 Å². The molecule has 6 nitrogen and oxygen atoms in total. The Hall–Kier alpha value is -3.41. The topological polar surface area (TPSA) is 78.9 Å². The van der Waals surface area contributed by atoms with E-state index in [9.17, 15) is 14.4 Å². The Kier molecular flexibility index (Phi) is 65.2. The second kappa shape index (κ2) is 68.1. The van der Waals surface area contributed by atoms with Crippen LogP contribution in [-0.4, -0.2) is 37.2 Å². The summed E-state index contributed by atoms with van der Waals surface area (Å²) in [6, 6.07) is 0. The first kappa shape index (κ1) is 76.6. The Morgan fingerprint density at radius 2 is 0.500 bits per heavy atom. The fourth-order valence-electron chi connectivity index (χ4n) is 9.96. The van der Waals surface area contributed by atoms with E-state index in [1.165, 1.54) is 205 Å². The van der Waals surface area contributed by atoms with Gasteiger partial charge in [0.05, 0.1) is 0 Å². The number of carbonyl (C=O) groups excluding carboxylic acids is 3. The van der Waals surface area contributed by atoms with Gasteiger partial charge in [-0.3, -0.25) is 14.4 Å². The van der Waals surface area contributed by atoms with Crippen LogP contribution in [0.4, 0.5) is 0 Å². The summed E-state index contributed by atoms with van der Waals surface area (Å²) in [5, 5.41) is 0. The maximum Gasteiger partial charge on any atom is 0.306 e. The van der Waals surface area contributed by atoms with Gasteiger partial charge in [0.1, 0.15) is 13.2 Å². The molecule has 1 atom stereocenters. The third-order valence-corrected chi connectivity index (χ3v) is 15.1. The summed E-state index contributed by atoms with van der Waals surface area (Å²) in [5.41, 5.74) is 0. The Labute approximate surface area is 496 Å². The first-order chi connectivity index (χ1) is 39.5. The quantitative estimate of drug-likeness (QED) is 0.0261. The molecule has 0 amide bonds.